The van der Waals surface area contributed by atoms with Gasteiger partial charge in [0.2, 0.25) is 11.8 Å². The van der Waals surface area contributed by atoms with Gasteiger partial charge in [0, 0.05) is 38.7 Å². The number of ether oxygens (including phenoxy) is 1. The molecule has 0 aromatic heterocycles. The van der Waals surface area contributed by atoms with Crippen LogP contribution in [-0.2, 0) is 25.5 Å². The summed E-state index contributed by atoms with van der Waals surface area (Å²) in [6, 6.07) is 13.6. The average molecular weight is 467 g/mol. The zero-order valence-corrected chi connectivity index (χ0v) is 19.2. The van der Waals surface area contributed by atoms with Crippen molar-refractivity contribution in [1.82, 2.24) is 15.1 Å². The number of rotatable bonds is 6. The van der Waals surface area contributed by atoms with Crippen LogP contribution >= 0.6 is 0 Å². The Morgan fingerprint density at radius 1 is 1.09 bits per heavy atom. The summed E-state index contributed by atoms with van der Waals surface area (Å²) in [4.78, 5) is 54.8. The molecular formula is C25H26FN3O5. The van der Waals surface area contributed by atoms with Crippen molar-refractivity contribution in [3.05, 3.63) is 71.5 Å². The zero-order chi connectivity index (χ0) is 24.6. The summed E-state index contributed by atoms with van der Waals surface area (Å²) in [5.41, 5.74) is -0.388. The number of fused-ring (bicyclic) bond motifs is 1. The lowest BCUT2D eigenvalue weighted by Gasteiger charge is -2.32. The molecule has 4 rings (SSSR count). The highest BCUT2D eigenvalue weighted by atomic mass is 19.1. The van der Waals surface area contributed by atoms with Gasteiger partial charge in [0.25, 0.3) is 5.91 Å². The van der Waals surface area contributed by atoms with E-state index in [4.69, 9.17) is 4.74 Å². The molecule has 0 aliphatic carbocycles. The molecular weight excluding hydrogens is 441 g/mol. The van der Waals surface area contributed by atoms with Crippen molar-refractivity contribution >= 4 is 23.7 Å². The zero-order valence-electron chi connectivity index (χ0n) is 19.2. The summed E-state index contributed by atoms with van der Waals surface area (Å²) < 4.78 is 18.4. The summed E-state index contributed by atoms with van der Waals surface area (Å²) >= 11 is 0. The molecule has 178 valence electrons. The van der Waals surface area contributed by atoms with Crippen molar-refractivity contribution in [2.24, 2.45) is 11.8 Å². The Labute approximate surface area is 196 Å². The minimum Gasteiger partial charge on any atom is -0.468 e. The molecule has 8 nitrogen and oxygen atoms in total. The standard InChI is InChI=1S/C25H26FN3O5/c1-28(21(30)16-9-11-17(26)12-10-16)14-18-19-20(23(32)29(2)22(19)31)25(27-18,24(33)34-3)13-15-7-5-4-6-8-15/h4-12,18-20,27H,13-14H2,1-3H3/t18-,19+,20-,25-/m1/s1. The third kappa shape index (κ3) is 3.86. The quantitative estimate of drug-likeness (QED) is 0.508. The molecule has 2 aromatic carbocycles. The second-order valence-corrected chi connectivity index (χ2v) is 8.81. The van der Waals surface area contributed by atoms with Gasteiger partial charge in [-0.3, -0.25) is 29.4 Å². The van der Waals surface area contributed by atoms with E-state index in [0.29, 0.717) is 0 Å². The van der Waals surface area contributed by atoms with Crippen LogP contribution in [0.3, 0.4) is 0 Å². The van der Waals surface area contributed by atoms with Gasteiger partial charge in [-0.05, 0) is 29.8 Å². The van der Waals surface area contributed by atoms with Crippen LogP contribution in [0.25, 0.3) is 0 Å². The third-order valence-electron chi connectivity index (χ3n) is 6.76. The van der Waals surface area contributed by atoms with Crippen LogP contribution in [0.2, 0.25) is 0 Å². The molecule has 4 atom stereocenters. The van der Waals surface area contributed by atoms with Crippen molar-refractivity contribution < 1.29 is 28.3 Å². The summed E-state index contributed by atoms with van der Waals surface area (Å²) in [7, 11) is 4.20. The van der Waals surface area contributed by atoms with E-state index in [-0.39, 0.29) is 24.4 Å². The van der Waals surface area contributed by atoms with Gasteiger partial charge in [-0.1, -0.05) is 30.3 Å². The minimum absolute atomic E-state index is 0.0533. The Morgan fingerprint density at radius 2 is 1.74 bits per heavy atom. The number of carbonyl (C=O) groups excluding carboxylic acids is 4. The van der Waals surface area contributed by atoms with Gasteiger partial charge in [-0.15, -0.1) is 0 Å². The van der Waals surface area contributed by atoms with Crippen LogP contribution < -0.4 is 5.32 Å². The smallest absolute Gasteiger partial charge is 0.327 e. The van der Waals surface area contributed by atoms with Crippen molar-refractivity contribution in [1.29, 1.82) is 0 Å². The summed E-state index contributed by atoms with van der Waals surface area (Å²) in [6.07, 6.45) is 0.140. The number of methoxy groups -OCH3 is 1. The predicted octanol–water partition coefficient (Wildman–Crippen LogP) is 1.25. The maximum absolute atomic E-state index is 13.3. The number of carbonyl (C=O) groups is 4. The molecule has 2 aliphatic heterocycles. The molecule has 9 heteroatoms. The van der Waals surface area contributed by atoms with Gasteiger partial charge in [0.05, 0.1) is 18.9 Å². The van der Waals surface area contributed by atoms with Gasteiger partial charge < -0.3 is 9.64 Å². The SMILES string of the molecule is COC(=O)[C@]1(Cc2ccccc2)N[C@H](CN(C)C(=O)c2ccc(F)cc2)[C@@H]2C(=O)N(C)C(=O)[C@@H]21. The minimum atomic E-state index is -1.47. The predicted molar refractivity (Wildman–Crippen MR) is 120 cm³/mol. The van der Waals surface area contributed by atoms with E-state index in [9.17, 15) is 23.6 Å². The van der Waals surface area contributed by atoms with E-state index in [1.165, 1.54) is 43.3 Å². The highest BCUT2D eigenvalue weighted by Crippen LogP contribution is 2.44. The van der Waals surface area contributed by atoms with Crippen LogP contribution in [0.15, 0.2) is 54.6 Å². The first-order valence-electron chi connectivity index (χ1n) is 10.9. The third-order valence-corrected chi connectivity index (χ3v) is 6.76. The highest BCUT2D eigenvalue weighted by molar-refractivity contribution is 6.09. The normalized spacial score (nSPS) is 25.9. The number of nitrogens with zero attached hydrogens (tertiary/aromatic N) is 2. The molecule has 0 unspecified atom stereocenters. The number of halogens is 1. The Kier molecular flexibility index (Phi) is 6.22. The number of imide groups is 1. The molecule has 0 bridgehead atoms. The second kappa shape index (κ2) is 8.98. The molecule has 0 spiro atoms. The number of hydrogen-bond donors (Lipinski definition) is 1. The number of nitrogens with one attached hydrogen (secondary N) is 1. The maximum atomic E-state index is 13.3. The Balaban J connectivity index is 1.69. The first kappa shape index (κ1) is 23.6. The molecule has 2 aromatic rings. The van der Waals surface area contributed by atoms with Crippen molar-refractivity contribution in [3.8, 4) is 0 Å². The van der Waals surface area contributed by atoms with Crippen LogP contribution in [-0.4, -0.2) is 72.8 Å². The highest BCUT2D eigenvalue weighted by Gasteiger charge is 2.67. The number of benzene rings is 2. The fraction of sp³-hybridized carbons (Fsp3) is 0.360. The van der Waals surface area contributed by atoms with Crippen LogP contribution in [0, 0.1) is 17.7 Å². The fourth-order valence-electron chi connectivity index (χ4n) is 5.14. The van der Waals surface area contributed by atoms with E-state index < -0.39 is 47.0 Å². The van der Waals surface area contributed by atoms with Gasteiger partial charge in [-0.25, -0.2) is 4.39 Å². The van der Waals surface area contributed by atoms with E-state index >= 15 is 0 Å². The Bertz CT molecular complexity index is 1120. The first-order valence-corrected chi connectivity index (χ1v) is 10.9. The molecule has 2 heterocycles. The average Bonchev–Trinajstić information content (AvgIpc) is 3.28. The van der Waals surface area contributed by atoms with E-state index in [1.54, 1.807) is 7.05 Å². The van der Waals surface area contributed by atoms with E-state index in [0.717, 1.165) is 10.5 Å². The molecule has 34 heavy (non-hydrogen) atoms. The van der Waals surface area contributed by atoms with Gasteiger partial charge in [-0.2, -0.15) is 0 Å². The van der Waals surface area contributed by atoms with E-state index in [1.807, 2.05) is 30.3 Å². The number of likely N-dealkylation sites (tertiary alicyclic amines) is 1. The first-order chi connectivity index (χ1) is 16.2. The largest absolute Gasteiger partial charge is 0.468 e. The maximum Gasteiger partial charge on any atom is 0.327 e. The molecule has 0 saturated carbocycles. The van der Waals surface area contributed by atoms with E-state index in [2.05, 4.69) is 5.32 Å². The Hall–Kier alpha value is -3.59. The van der Waals surface area contributed by atoms with Gasteiger partial charge in [0.1, 0.15) is 11.4 Å². The molecule has 1 N–H and O–H groups in total. The molecule has 3 amide bonds. The van der Waals surface area contributed by atoms with Crippen LogP contribution in [0.4, 0.5) is 4.39 Å². The molecule has 0 radical (unpaired) electrons. The second-order valence-electron chi connectivity index (χ2n) is 8.81. The lowest BCUT2D eigenvalue weighted by molar-refractivity contribution is -0.153. The summed E-state index contributed by atoms with van der Waals surface area (Å²) in [6.45, 7) is 0.0533. The number of esters is 1. The summed E-state index contributed by atoms with van der Waals surface area (Å²) in [5, 5.41) is 3.24. The fourth-order valence-corrected chi connectivity index (χ4v) is 5.14. The summed E-state index contributed by atoms with van der Waals surface area (Å²) in [5.74, 6) is -4.16. The van der Waals surface area contributed by atoms with Crippen molar-refractivity contribution in [3.63, 3.8) is 0 Å². The topological polar surface area (TPSA) is 96.0 Å². The Morgan fingerprint density at radius 3 is 2.35 bits per heavy atom. The number of likely N-dealkylation sites (N-methyl/N-ethyl adjacent to an activating group) is 1. The van der Waals surface area contributed by atoms with Crippen molar-refractivity contribution in [2.45, 2.75) is 18.0 Å². The molecule has 2 saturated heterocycles. The van der Waals surface area contributed by atoms with Crippen molar-refractivity contribution in [2.75, 3.05) is 27.7 Å². The molecule has 2 aliphatic rings. The van der Waals surface area contributed by atoms with Crippen LogP contribution in [0.1, 0.15) is 15.9 Å². The van der Waals surface area contributed by atoms with Gasteiger partial charge in [0.15, 0.2) is 0 Å². The van der Waals surface area contributed by atoms with Crippen LogP contribution in [0.5, 0.6) is 0 Å². The number of amides is 3. The molecule has 2 fully saturated rings. The monoisotopic (exact) mass is 467 g/mol. The van der Waals surface area contributed by atoms with Gasteiger partial charge >= 0.3 is 5.97 Å². The lowest BCUT2D eigenvalue weighted by Crippen LogP contribution is -2.59. The lowest BCUT2D eigenvalue weighted by atomic mass is 9.76. The number of hydrogen-bond acceptors (Lipinski definition) is 6.